The molecule has 1 aromatic carbocycles. The van der Waals surface area contributed by atoms with Gasteiger partial charge in [-0.25, -0.2) is 18.4 Å². The Kier molecular flexibility index (Phi) is 4.16. The first-order chi connectivity index (χ1) is 12.5. The summed E-state index contributed by atoms with van der Waals surface area (Å²) in [4.78, 5) is 9.31. The summed E-state index contributed by atoms with van der Waals surface area (Å²) >= 11 is 0. The molecule has 3 aromatic rings. The molecule has 0 aliphatic carbocycles. The quantitative estimate of drug-likeness (QED) is 0.701. The Morgan fingerprint density at radius 1 is 1.19 bits per heavy atom. The van der Waals surface area contributed by atoms with Crippen molar-refractivity contribution in [1.82, 2.24) is 18.8 Å². The molecule has 136 valence electrons. The zero-order valence-corrected chi connectivity index (χ0v) is 15.5. The van der Waals surface area contributed by atoms with E-state index in [4.69, 9.17) is 4.74 Å². The topological polar surface area (TPSA) is 77.3 Å². The van der Waals surface area contributed by atoms with Crippen LogP contribution in [0.3, 0.4) is 0 Å². The number of rotatable bonds is 4. The van der Waals surface area contributed by atoms with Crippen LogP contribution in [-0.4, -0.2) is 47.5 Å². The molecule has 0 bridgehead atoms. The average Bonchev–Trinajstić information content (AvgIpc) is 3.28. The number of methoxy groups -OCH3 is 1. The summed E-state index contributed by atoms with van der Waals surface area (Å²) in [5.74, 6) is 1.57. The minimum absolute atomic E-state index is 0.0576. The van der Waals surface area contributed by atoms with Gasteiger partial charge in [0.2, 0.25) is 10.0 Å². The minimum atomic E-state index is -3.52. The van der Waals surface area contributed by atoms with Gasteiger partial charge in [0.25, 0.3) is 0 Å². The number of hydrogen-bond acceptors (Lipinski definition) is 5. The van der Waals surface area contributed by atoms with Crippen LogP contribution in [-0.2, 0) is 17.1 Å². The van der Waals surface area contributed by atoms with E-state index in [0.29, 0.717) is 18.8 Å². The highest BCUT2D eigenvalue weighted by Crippen LogP contribution is 2.32. The fourth-order valence-corrected chi connectivity index (χ4v) is 4.96. The minimum Gasteiger partial charge on any atom is -0.497 e. The van der Waals surface area contributed by atoms with E-state index in [9.17, 15) is 8.42 Å². The molecule has 1 fully saturated rings. The zero-order chi connectivity index (χ0) is 18.3. The molecule has 4 rings (SSSR count). The first kappa shape index (κ1) is 17.0. The molecule has 1 saturated heterocycles. The maximum Gasteiger partial charge on any atom is 0.243 e. The number of fused-ring (bicyclic) bond motifs is 1. The van der Waals surface area contributed by atoms with Crippen LogP contribution in [0, 0.1) is 0 Å². The Morgan fingerprint density at radius 3 is 2.65 bits per heavy atom. The smallest absolute Gasteiger partial charge is 0.243 e. The molecular weight excluding hydrogens is 352 g/mol. The lowest BCUT2D eigenvalue weighted by Gasteiger charge is -2.17. The molecule has 0 spiro atoms. The Labute approximate surface area is 152 Å². The van der Waals surface area contributed by atoms with E-state index in [2.05, 4.69) is 9.97 Å². The van der Waals surface area contributed by atoms with E-state index in [1.54, 1.807) is 37.6 Å². The van der Waals surface area contributed by atoms with Crippen LogP contribution >= 0.6 is 0 Å². The van der Waals surface area contributed by atoms with Crippen molar-refractivity contribution in [3.63, 3.8) is 0 Å². The predicted molar refractivity (Wildman–Crippen MR) is 97.6 cm³/mol. The Hall–Kier alpha value is -2.45. The van der Waals surface area contributed by atoms with Gasteiger partial charge in [0.05, 0.1) is 12.0 Å². The summed E-state index contributed by atoms with van der Waals surface area (Å²) in [5, 5.41) is 0. The largest absolute Gasteiger partial charge is 0.497 e. The van der Waals surface area contributed by atoms with Gasteiger partial charge in [-0.05, 0) is 42.8 Å². The summed E-state index contributed by atoms with van der Waals surface area (Å²) in [7, 11) is -0.0377. The molecule has 7 nitrogen and oxygen atoms in total. The molecule has 2 aromatic heterocycles. The molecule has 1 atom stereocenters. The third-order valence-electron chi connectivity index (χ3n) is 4.88. The van der Waals surface area contributed by atoms with Crippen molar-refractivity contribution >= 4 is 21.2 Å². The number of aromatic nitrogens is 3. The van der Waals surface area contributed by atoms with Crippen LogP contribution in [0.4, 0.5) is 0 Å². The van der Waals surface area contributed by atoms with Crippen LogP contribution in [0.15, 0.2) is 47.5 Å². The van der Waals surface area contributed by atoms with E-state index in [-0.39, 0.29) is 10.8 Å². The molecule has 0 saturated carbocycles. The van der Waals surface area contributed by atoms with E-state index < -0.39 is 10.0 Å². The Balaban J connectivity index is 1.60. The molecule has 3 heterocycles. The number of benzene rings is 1. The van der Waals surface area contributed by atoms with Crippen molar-refractivity contribution in [1.29, 1.82) is 0 Å². The summed E-state index contributed by atoms with van der Waals surface area (Å²) in [6.07, 6.45) is 2.48. The normalized spacial score (nSPS) is 18.5. The highest BCUT2D eigenvalue weighted by atomic mass is 32.2. The molecular formula is C18H20N4O3S. The van der Waals surface area contributed by atoms with E-state index in [0.717, 1.165) is 23.4 Å². The third-order valence-corrected chi connectivity index (χ3v) is 6.76. The number of aryl methyl sites for hydroxylation is 1. The van der Waals surface area contributed by atoms with Crippen molar-refractivity contribution in [3.8, 4) is 5.75 Å². The van der Waals surface area contributed by atoms with Gasteiger partial charge in [-0.1, -0.05) is 0 Å². The van der Waals surface area contributed by atoms with Crippen LogP contribution < -0.4 is 4.74 Å². The lowest BCUT2D eigenvalue weighted by atomic mass is 10.1. The van der Waals surface area contributed by atoms with Gasteiger partial charge in [-0.3, -0.25) is 0 Å². The first-order valence-corrected chi connectivity index (χ1v) is 9.86. The molecule has 26 heavy (non-hydrogen) atoms. The molecule has 1 aliphatic rings. The first-order valence-electron chi connectivity index (χ1n) is 8.42. The van der Waals surface area contributed by atoms with Crippen molar-refractivity contribution in [2.24, 2.45) is 7.05 Å². The van der Waals surface area contributed by atoms with Gasteiger partial charge in [-0.2, -0.15) is 4.31 Å². The third kappa shape index (κ3) is 2.75. The second-order valence-electron chi connectivity index (χ2n) is 6.40. The van der Waals surface area contributed by atoms with Crippen molar-refractivity contribution in [2.75, 3.05) is 20.2 Å². The Morgan fingerprint density at radius 2 is 1.96 bits per heavy atom. The second kappa shape index (κ2) is 6.37. The highest BCUT2D eigenvalue weighted by molar-refractivity contribution is 7.89. The van der Waals surface area contributed by atoms with Gasteiger partial charge in [-0.15, -0.1) is 0 Å². The molecule has 0 N–H and O–H groups in total. The number of sulfonamides is 1. The SMILES string of the molecule is COc1ccc(S(=O)(=O)N2CCC(c3nc4cccnc4n3C)C2)cc1. The summed E-state index contributed by atoms with van der Waals surface area (Å²) < 4.78 is 34.4. The fourth-order valence-electron chi connectivity index (χ4n) is 3.46. The van der Waals surface area contributed by atoms with Gasteiger partial charge in [0.1, 0.15) is 17.1 Å². The number of ether oxygens (including phenoxy) is 1. The molecule has 8 heteroatoms. The molecule has 0 amide bonds. The summed E-state index contributed by atoms with van der Waals surface area (Å²) in [6, 6.07) is 10.3. The van der Waals surface area contributed by atoms with Crippen molar-refractivity contribution in [3.05, 3.63) is 48.4 Å². The highest BCUT2D eigenvalue weighted by Gasteiger charge is 2.35. The van der Waals surface area contributed by atoms with Crippen molar-refractivity contribution < 1.29 is 13.2 Å². The van der Waals surface area contributed by atoms with E-state index >= 15 is 0 Å². The number of pyridine rings is 1. The monoisotopic (exact) mass is 372 g/mol. The van der Waals surface area contributed by atoms with Gasteiger partial charge in [0.15, 0.2) is 5.65 Å². The van der Waals surface area contributed by atoms with Crippen LogP contribution in [0.5, 0.6) is 5.75 Å². The van der Waals surface area contributed by atoms with E-state index in [1.807, 2.05) is 23.7 Å². The van der Waals surface area contributed by atoms with Crippen LogP contribution in [0.25, 0.3) is 11.2 Å². The second-order valence-corrected chi connectivity index (χ2v) is 8.34. The molecule has 0 radical (unpaired) electrons. The number of nitrogens with zero attached hydrogens (tertiary/aromatic N) is 4. The number of hydrogen-bond donors (Lipinski definition) is 0. The van der Waals surface area contributed by atoms with Crippen molar-refractivity contribution in [2.45, 2.75) is 17.2 Å². The van der Waals surface area contributed by atoms with Crippen LogP contribution in [0.1, 0.15) is 18.2 Å². The lowest BCUT2D eigenvalue weighted by molar-refractivity contribution is 0.414. The summed E-state index contributed by atoms with van der Waals surface area (Å²) in [6.45, 7) is 0.904. The van der Waals surface area contributed by atoms with E-state index in [1.165, 1.54) is 4.31 Å². The van der Waals surface area contributed by atoms with Gasteiger partial charge in [0, 0.05) is 32.3 Å². The predicted octanol–water partition coefficient (Wildman–Crippen LogP) is 2.16. The maximum absolute atomic E-state index is 12.9. The van der Waals surface area contributed by atoms with Gasteiger partial charge < -0.3 is 9.30 Å². The zero-order valence-electron chi connectivity index (χ0n) is 14.7. The maximum atomic E-state index is 12.9. The number of imidazole rings is 1. The lowest BCUT2D eigenvalue weighted by Crippen LogP contribution is -2.28. The molecule has 1 unspecified atom stereocenters. The van der Waals surface area contributed by atoms with Crippen LogP contribution in [0.2, 0.25) is 0 Å². The fraction of sp³-hybridized carbons (Fsp3) is 0.333. The molecule has 1 aliphatic heterocycles. The standard InChI is InChI=1S/C18H20N4O3S/c1-21-17(20-16-4-3-10-19-18(16)21)13-9-11-22(12-13)26(23,24)15-7-5-14(25-2)6-8-15/h3-8,10,13H,9,11-12H2,1-2H3. The Bertz CT molecular complexity index is 1040. The summed E-state index contributed by atoms with van der Waals surface area (Å²) in [5.41, 5.74) is 1.65. The van der Waals surface area contributed by atoms with Gasteiger partial charge >= 0.3 is 0 Å². The average molecular weight is 372 g/mol.